The van der Waals surface area contributed by atoms with Crippen molar-refractivity contribution >= 4 is 17.3 Å². The van der Waals surface area contributed by atoms with Crippen molar-refractivity contribution < 1.29 is 4.39 Å². The van der Waals surface area contributed by atoms with Crippen LogP contribution in [0, 0.1) is 12.7 Å². The summed E-state index contributed by atoms with van der Waals surface area (Å²) in [6.07, 6.45) is 0. The second-order valence-corrected chi connectivity index (χ2v) is 4.86. The van der Waals surface area contributed by atoms with Crippen molar-refractivity contribution in [3.05, 3.63) is 63.9 Å². The fraction of sp³-hybridized carbons (Fsp3) is 0.200. The smallest absolute Gasteiger partial charge is 0.126 e. The molecule has 2 rings (SSSR count). The topological polar surface area (TPSA) is 38.0 Å². The highest BCUT2D eigenvalue weighted by molar-refractivity contribution is 6.31. The van der Waals surface area contributed by atoms with E-state index in [1.165, 1.54) is 6.07 Å². The molecule has 0 heterocycles. The molecule has 0 amide bonds. The van der Waals surface area contributed by atoms with E-state index >= 15 is 0 Å². The maximum Gasteiger partial charge on any atom is 0.126 e. The predicted octanol–water partition coefficient (Wildman–Crippen LogP) is 3.86. The van der Waals surface area contributed by atoms with Gasteiger partial charge in [0, 0.05) is 23.8 Å². The first kappa shape index (κ1) is 13.8. The SMILES string of the molecule is Cc1cc(Cl)c(CNc2cccc(CN)c2)cc1F. The Bertz CT molecular complexity index is 584. The third-order valence-corrected chi connectivity index (χ3v) is 3.33. The lowest BCUT2D eigenvalue weighted by Gasteiger charge is -2.10. The summed E-state index contributed by atoms with van der Waals surface area (Å²) in [6.45, 7) is 2.67. The molecule has 0 spiro atoms. The van der Waals surface area contributed by atoms with Crippen molar-refractivity contribution in [1.82, 2.24) is 0 Å². The molecule has 100 valence electrons. The third kappa shape index (κ3) is 3.46. The van der Waals surface area contributed by atoms with E-state index in [1.807, 2.05) is 24.3 Å². The molecule has 0 saturated heterocycles. The fourth-order valence-corrected chi connectivity index (χ4v) is 2.11. The number of nitrogens with two attached hydrogens (primary N) is 1. The van der Waals surface area contributed by atoms with Crippen molar-refractivity contribution in [2.24, 2.45) is 5.73 Å². The summed E-state index contributed by atoms with van der Waals surface area (Å²) in [5, 5.41) is 3.79. The van der Waals surface area contributed by atoms with Gasteiger partial charge in [0.15, 0.2) is 0 Å². The molecular formula is C15H16ClFN2. The Balaban J connectivity index is 2.12. The van der Waals surface area contributed by atoms with Crippen LogP contribution in [-0.2, 0) is 13.1 Å². The number of halogens is 2. The van der Waals surface area contributed by atoms with Crippen molar-refractivity contribution in [1.29, 1.82) is 0 Å². The van der Waals surface area contributed by atoms with Gasteiger partial charge in [0.05, 0.1) is 0 Å². The van der Waals surface area contributed by atoms with Crippen molar-refractivity contribution in [3.63, 3.8) is 0 Å². The summed E-state index contributed by atoms with van der Waals surface area (Å²) >= 11 is 6.10. The van der Waals surface area contributed by atoms with Crippen LogP contribution in [0.15, 0.2) is 36.4 Å². The minimum Gasteiger partial charge on any atom is -0.381 e. The minimum atomic E-state index is -0.239. The number of hydrogen-bond donors (Lipinski definition) is 2. The van der Waals surface area contributed by atoms with E-state index in [0.29, 0.717) is 23.7 Å². The second-order valence-electron chi connectivity index (χ2n) is 4.45. The maximum absolute atomic E-state index is 13.5. The molecule has 4 heteroatoms. The number of benzene rings is 2. The molecule has 2 nitrogen and oxygen atoms in total. The van der Waals surface area contributed by atoms with Gasteiger partial charge in [-0.3, -0.25) is 0 Å². The number of aryl methyl sites for hydroxylation is 1. The monoisotopic (exact) mass is 278 g/mol. The molecular weight excluding hydrogens is 263 g/mol. The van der Waals surface area contributed by atoms with E-state index in [9.17, 15) is 4.39 Å². The zero-order chi connectivity index (χ0) is 13.8. The van der Waals surface area contributed by atoms with Gasteiger partial charge >= 0.3 is 0 Å². The van der Waals surface area contributed by atoms with E-state index < -0.39 is 0 Å². The van der Waals surface area contributed by atoms with Crippen LogP contribution in [0.1, 0.15) is 16.7 Å². The molecule has 0 unspecified atom stereocenters. The van der Waals surface area contributed by atoms with Gasteiger partial charge in [-0.15, -0.1) is 0 Å². The molecule has 0 aliphatic carbocycles. The molecule has 0 fully saturated rings. The van der Waals surface area contributed by atoms with Crippen molar-refractivity contribution in [3.8, 4) is 0 Å². The quantitative estimate of drug-likeness (QED) is 0.891. The predicted molar refractivity (Wildman–Crippen MR) is 77.8 cm³/mol. The van der Waals surface area contributed by atoms with E-state index in [4.69, 9.17) is 17.3 Å². The van der Waals surface area contributed by atoms with E-state index in [-0.39, 0.29) is 5.82 Å². The summed E-state index contributed by atoms with van der Waals surface area (Å²) in [6, 6.07) is 10.9. The minimum absolute atomic E-state index is 0.239. The van der Waals surface area contributed by atoms with Crippen LogP contribution in [0.5, 0.6) is 0 Å². The Morgan fingerprint density at radius 1 is 1.26 bits per heavy atom. The molecule has 3 N–H and O–H groups in total. The highest BCUT2D eigenvalue weighted by atomic mass is 35.5. The zero-order valence-electron chi connectivity index (χ0n) is 10.7. The summed E-state index contributed by atoms with van der Waals surface area (Å²) in [4.78, 5) is 0. The fourth-order valence-electron chi connectivity index (χ4n) is 1.83. The highest BCUT2D eigenvalue weighted by Crippen LogP contribution is 2.21. The lowest BCUT2D eigenvalue weighted by atomic mass is 10.1. The molecule has 19 heavy (non-hydrogen) atoms. The van der Waals surface area contributed by atoms with Crippen LogP contribution in [0.4, 0.5) is 10.1 Å². The number of hydrogen-bond acceptors (Lipinski definition) is 2. The molecule has 2 aromatic carbocycles. The lowest BCUT2D eigenvalue weighted by molar-refractivity contribution is 0.616. The van der Waals surface area contributed by atoms with Crippen LogP contribution < -0.4 is 11.1 Å². The summed E-state index contributed by atoms with van der Waals surface area (Å²) < 4.78 is 13.5. The number of anilines is 1. The van der Waals surface area contributed by atoms with Crippen LogP contribution >= 0.6 is 11.6 Å². The van der Waals surface area contributed by atoms with Gasteiger partial charge in [-0.05, 0) is 47.9 Å². The Hall–Kier alpha value is -1.58. The third-order valence-electron chi connectivity index (χ3n) is 2.97. The van der Waals surface area contributed by atoms with Crippen LogP contribution in [0.2, 0.25) is 5.02 Å². The first-order valence-electron chi connectivity index (χ1n) is 6.07. The second kappa shape index (κ2) is 6.04. The summed E-state index contributed by atoms with van der Waals surface area (Å²) in [7, 11) is 0. The van der Waals surface area contributed by atoms with E-state index in [2.05, 4.69) is 5.32 Å². The van der Waals surface area contributed by atoms with Gasteiger partial charge in [0.1, 0.15) is 5.82 Å². The molecule has 2 aromatic rings. The Morgan fingerprint density at radius 2 is 2.05 bits per heavy atom. The molecule has 0 atom stereocenters. The molecule has 0 aliphatic rings. The van der Waals surface area contributed by atoms with Gasteiger partial charge < -0.3 is 11.1 Å². The van der Waals surface area contributed by atoms with Gasteiger partial charge in [-0.1, -0.05) is 23.7 Å². The Kier molecular flexibility index (Phi) is 4.40. The zero-order valence-corrected chi connectivity index (χ0v) is 11.5. The lowest BCUT2D eigenvalue weighted by Crippen LogP contribution is -2.03. The van der Waals surface area contributed by atoms with Gasteiger partial charge in [-0.25, -0.2) is 4.39 Å². The number of rotatable bonds is 4. The molecule has 0 radical (unpaired) electrons. The van der Waals surface area contributed by atoms with Gasteiger partial charge in [0.25, 0.3) is 0 Å². The first-order chi connectivity index (χ1) is 9.10. The van der Waals surface area contributed by atoms with Gasteiger partial charge in [0.2, 0.25) is 0 Å². The van der Waals surface area contributed by atoms with Crippen molar-refractivity contribution in [2.75, 3.05) is 5.32 Å². The van der Waals surface area contributed by atoms with E-state index in [0.717, 1.165) is 16.8 Å². The largest absolute Gasteiger partial charge is 0.381 e. The number of nitrogens with one attached hydrogen (secondary N) is 1. The summed E-state index contributed by atoms with van der Waals surface area (Å²) in [5.74, 6) is -0.239. The van der Waals surface area contributed by atoms with Crippen LogP contribution in [0.3, 0.4) is 0 Å². The molecule has 0 bridgehead atoms. The molecule has 0 saturated carbocycles. The Labute approximate surface area is 117 Å². The standard InChI is InChI=1S/C15H16ClFN2/c1-10-5-14(16)12(7-15(10)17)9-19-13-4-2-3-11(6-13)8-18/h2-7,19H,8-9,18H2,1H3. The van der Waals surface area contributed by atoms with Crippen molar-refractivity contribution in [2.45, 2.75) is 20.0 Å². The van der Waals surface area contributed by atoms with E-state index in [1.54, 1.807) is 13.0 Å². The normalized spacial score (nSPS) is 10.5. The highest BCUT2D eigenvalue weighted by Gasteiger charge is 2.05. The average Bonchev–Trinajstić information content (AvgIpc) is 2.41. The Morgan fingerprint density at radius 3 is 2.79 bits per heavy atom. The maximum atomic E-state index is 13.5. The average molecular weight is 279 g/mol. The summed E-state index contributed by atoms with van der Waals surface area (Å²) in [5.41, 5.74) is 8.87. The molecule has 0 aromatic heterocycles. The first-order valence-corrected chi connectivity index (χ1v) is 6.45. The van der Waals surface area contributed by atoms with Crippen LogP contribution in [0.25, 0.3) is 0 Å². The van der Waals surface area contributed by atoms with Gasteiger partial charge in [-0.2, -0.15) is 0 Å². The molecule has 0 aliphatic heterocycles. The van der Waals surface area contributed by atoms with Crippen LogP contribution in [-0.4, -0.2) is 0 Å².